The number of hydrogen-bond acceptors (Lipinski definition) is 6. The summed E-state index contributed by atoms with van der Waals surface area (Å²) in [5.41, 5.74) is 1.06. The van der Waals surface area contributed by atoms with Crippen molar-refractivity contribution in [3.05, 3.63) is 88.1 Å². The highest BCUT2D eigenvalue weighted by atomic mass is 35.5. The first kappa shape index (κ1) is 23.7. The van der Waals surface area contributed by atoms with Gasteiger partial charge in [0, 0.05) is 18.0 Å². The van der Waals surface area contributed by atoms with Gasteiger partial charge in [-0.1, -0.05) is 41.9 Å². The Balaban J connectivity index is 1.34. The van der Waals surface area contributed by atoms with Crippen molar-refractivity contribution in [2.24, 2.45) is 0 Å². The van der Waals surface area contributed by atoms with Gasteiger partial charge in [0.2, 0.25) is 5.91 Å². The number of aromatic nitrogens is 4. The van der Waals surface area contributed by atoms with Crippen molar-refractivity contribution in [1.29, 1.82) is 0 Å². The van der Waals surface area contributed by atoms with E-state index in [2.05, 4.69) is 15.4 Å². The van der Waals surface area contributed by atoms with E-state index in [9.17, 15) is 18.0 Å². The molecule has 0 saturated carbocycles. The molecule has 1 N–H and O–H groups in total. The van der Waals surface area contributed by atoms with Crippen molar-refractivity contribution < 1.29 is 13.2 Å². The van der Waals surface area contributed by atoms with Crippen LogP contribution in [-0.4, -0.2) is 46.0 Å². The minimum atomic E-state index is -3.52. The molecule has 0 spiro atoms. The standard InChI is InChI=1S/C23H22ClN5O4S/c24-18-6-4-5-17(13-18)15-28-16-26-22-20(23(28)31)14-27-29(22)11-10-25-21(30)9-12-34(32,33)19-7-2-1-3-8-19/h1-8,13-14,16H,9-12,15H2,(H,25,30). The predicted molar refractivity (Wildman–Crippen MR) is 128 cm³/mol. The molecule has 2 heterocycles. The molecule has 2 aromatic heterocycles. The average molecular weight is 500 g/mol. The number of fused-ring (bicyclic) bond motifs is 1. The largest absolute Gasteiger partial charge is 0.354 e. The van der Waals surface area contributed by atoms with Crippen molar-refractivity contribution >= 4 is 38.4 Å². The van der Waals surface area contributed by atoms with Crippen molar-refractivity contribution in [3.63, 3.8) is 0 Å². The summed E-state index contributed by atoms with van der Waals surface area (Å²) in [5, 5.41) is 7.85. The SMILES string of the molecule is O=C(CCS(=O)(=O)c1ccccc1)NCCn1ncc2c(=O)n(Cc3cccc(Cl)c3)cnc21. The van der Waals surface area contributed by atoms with Gasteiger partial charge in [0.1, 0.15) is 11.7 Å². The zero-order valence-electron chi connectivity index (χ0n) is 18.1. The third-order valence-corrected chi connectivity index (χ3v) is 7.18. The Bertz CT molecular complexity index is 1480. The van der Waals surface area contributed by atoms with Gasteiger partial charge in [-0.2, -0.15) is 5.10 Å². The van der Waals surface area contributed by atoms with Crippen LogP contribution < -0.4 is 10.9 Å². The number of nitrogens with zero attached hydrogens (tertiary/aromatic N) is 4. The van der Waals surface area contributed by atoms with Crippen molar-refractivity contribution in [1.82, 2.24) is 24.6 Å². The zero-order chi connectivity index (χ0) is 24.1. The smallest absolute Gasteiger partial charge is 0.264 e. The third-order valence-electron chi connectivity index (χ3n) is 5.21. The lowest BCUT2D eigenvalue weighted by Gasteiger charge is -2.08. The summed E-state index contributed by atoms with van der Waals surface area (Å²) in [6.07, 6.45) is 2.76. The second-order valence-electron chi connectivity index (χ2n) is 7.64. The van der Waals surface area contributed by atoms with Gasteiger partial charge in [-0.15, -0.1) is 0 Å². The van der Waals surface area contributed by atoms with Crippen LogP contribution >= 0.6 is 11.6 Å². The maximum absolute atomic E-state index is 12.8. The van der Waals surface area contributed by atoms with E-state index >= 15 is 0 Å². The zero-order valence-corrected chi connectivity index (χ0v) is 19.7. The first-order valence-corrected chi connectivity index (χ1v) is 12.6. The van der Waals surface area contributed by atoms with E-state index in [0.717, 1.165) is 5.56 Å². The molecule has 4 aromatic rings. The molecular weight excluding hydrogens is 478 g/mol. The molecular formula is C23H22ClN5O4S. The van der Waals surface area contributed by atoms with Crippen LogP contribution in [0.15, 0.2) is 76.8 Å². The fraction of sp³-hybridized carbons (Fsp3) is 0.217. The molecule has 0 saturated heterocycles. The maximum atomic E-state index is 12.8. The number of amides is 1. The number of sulfone groups is 1. The van der Waals surface area contributed by atoms with Crippen LogP contribution in [-0.2, 0) is 27.7 Å². The van der Waals surface area contributed by atoms with Gasteiger partial charge < -0.3 is 5.32 Å². The molecule has 4 rings (SSSR count). The molecule has 2 aromatic carbocycles. The number of carbonyl (C=O) groups excluding carboxylic acids is 1. The van der Waals surface area contributed by atoms with E-state index in [-0.39, 0.29) is 41.6 Å². The van der Waals surface area contributed by atoms with Crippen LogP contribution in [0, 0.1) is 0 Å². The van der Waals surface area contributed by atoms with Gasteiger partial charge in [-0.25, -0.2) is 18.1 Å². The number of rotatable bonds is 9. The normalized spacial score (nSPS) is 11.6. The lowest BCUT2D eigenvalue weighted by molar-refractivity contribution is -0.120. The molecule has 0 aliphatic carbocycles. The number of hydrogen-bond donors (Lipinski definition) is 1. The van der Waals surface area contributed by atoms with Gasteiger partial charge in [0.25, 0.3) is 5.56 Å². The molecule has 0 unspecified atom stereocenters. The van der Waals surface area contributed by atoms with Gasteiger partial charge in [0.15, 0.2) is 15.5 Å². The van der Waals surface area contributed by atoms with E-state index in [4.69, 9.17) is 11.6 Å². The summed E-state index contributed by atoms with van der Waals surface area (Å²) in [4.78, 5) is 29.5. The topological polar surface area (TPSA) is 116 Å². The molecule has 0 bridgehead atoms. The summed E-state index contributed by atoms with van der Waals surface area (Å²) in [6, 6.07) is 15.3. The first-order valence-electron chi connectivity index (χ1n) is 10.5. The Morgan fingerprint density at radius 3 is 2.65 bits per heavy atom. The number of nitrogens with one attached hydrogen (secondary N) is 1. The minimum absolute atomic E-state index is 0.149. The van der Waals surface area contributed by atoms with Crippen molar-refractivity contribution in [2.75, 3.05) is 12.3 Å². The summed E-state index contributed by atoms with van der Waals surface area (Å²) in [5.74, 6) is -0.658. The van der Waals surface area contributed by atoms with E-state index in [0.29, 0.717) is 22.6 Å². The third kappa shape index (κ3) is 5.52. The van der Waals surface area contributed by atoms with Crippen molar-refractivity contribution in [2.45, 2.75) is 24.4 Å². The van der Waals surface area contributed by atoms with Crippen LogP contribution in [0.5, 0.6) is 0 Å². The first-order chi connectivity index (χ1) is 16.3. The minimum Gasteiger partial charge on any atom is -0.354 e. The van der Waals surface area contributed by atoms with Crippen LogP contribution in [0.3, 0.4) is 0 Å². The van der Waals surface area contributed by atoms with Gasteiger partial charge in [-0.3, -0.25) is 14.2 Å². The molecule has 11 heteroatoms. The van der Waals surface area contributed by atoms with Crippen LogP contribution in [0.4, 0.5) is 0 Å². The molecule has 9 nitrogen and oxygen atoms in total. The fourth-order valence-electron chi connectivity index (χ4n) is 3.47. The van der Waals surface area contributed by atoms with Gasteiger partial charge >= 0.3 is 0 Å². The monoisotopic (exact) mass is 499 g/mol. The molecule has 0 radical (unpaired) electrons. The van der Waals surface area contributed by atoms with Gasteiger partial charge in [0.05, 0.1) is 29.9 Å². The Hall–Kier alpha value is -3.50. The summed E-state index contributed by atoms with van der Waals surface area (Å²) < 4.78 is 27.6. The number of halogens is 1. The molecule has 176 valence electrons. The molecule has 0 aliphatic heterocycles. The lowest BCUT2D eigenvalue weighted by atomic mass is 10.2. The summed E-state index contributed by atoms with van der Waals surface area (Å²) in [6.45, 7) is 0.829. The molecule has 1 amide bonds. The van der Waals surface area contributed by atoms with Crippen LogP contribution in [0.2, 0.25) is 5.02 Å². The van der Waals surface area contributed by atoms with E-state index in [1.165, 1.54) is 33.9 Å². The van der Waals surface area contributed by atoms with E-state index in [1.807, 2.05) is 12.1 Å². The highest BCUT2D eigenvalue weighted by Crippen LogP contribution is 2.13. The van der Waals surface area contributed by atoms with E-state index in [1.54, 1.807) is 30.3 Å². The molecule has 0 atom stereocenters. The van der Waals surface area contributed by atoms with Crippen molar-refractivity contribution in [3.8, 4) is 0 Å². The van der Waals surface area contributed by atoms with Gasteiger partial charge in [-0.05, 0) is 29.8 Å². The predicted octanol–water partition coefficient (Wildman–Crippen LogP) is 2.27. The van der Waals surface area contributed by atoms with Crippen LogP contribution in [0.25, 0.3) is 11.0 Å². The number of carbonyl (C=O) groups is 1. The van der Waals surface area contributed by atoms with E-state index < -0.39 is 9.84 Å². The Morgan fingerprint density at radius 2 is 1.88 bits per heavy atom. The Labute approximate surface area is 200 Å². The summed E-state index contributed by atoms with van der Waals surface area (Å²) in [7, 11) is -3.52. The lowest BCUT2D eigenvalue weighted by Crippen LogP contribution is -2.29. The van der Waals surface area contributed by atoms with Crippen LogP contribution in [0.1, 0.15) is 12.0 Å². The Morgan fingerprint density at radius 1 is 1.09 bits per heavy atom. The highest BCUT2D eigenvalue weighted by Gasteiger charge is 2.16. The maximum Gasteiger partial charge on any atom is 0.264 e. The summed E-state index contributed by atoms with van der Waals surface area (Å²) >= 11 is 6.01. The fourth-order valence-corrected chi connectivity index (χ4v) is 4.94. The second-order valence-corrected chi connectivity index (χ2v) is 10.2. The molecule has 34 heavy (non-hydrogen) atoms. The highest BCUT2D eigenvalue weighted by molar-refractivity contribution is 7.91. The average Bonchev–Trinajstić information content (AvgIpc) is 3.24. The quantitative estimate of drug-likeness (QED) is 0.377. The Kier molecular flexibility index (Phi) is 7.09. The second kappa shape index (κ2) is 10.2. The number of benzene rings is 2. The molecule has 0 aliphatic rings. The molecule has 0 fully saturated rings.